The first-order valence-corrected chi connectivity index (χ1v) is 6.34. The van der Waals surface area contributed by atoms with Crippen molar-refractivity contribution in [3.63, 3.8) is 0 Å². The van der Waals surface area contributed by atoms with Gasteiger partial charge in [-0.2, -0.15) is 0 Å². The van der Waals surface area contributed by atoms with E-state index in [-0.39, 0.29) is 5.69 Å². The molecule has 0 fully saturated rings. The standard InChI is InChI=1S/C9H8N2O2S.C4H10/c12-11(13)7-3-1-6-2-4-9(10-14)8(6)5-7;1-4(2)3/h1,3,5,14H,2,4H2;4H,1-3H3/b10-9+;. The SMILES string of the molecule is CC(C)C.O=[N+]([O-])c1ccc2c(c1)/C(=N/S)CC2. The van der Waals surface area contributed by atoms with Gasteiger partial charge in [0.2, 0.25) is 0 Å². The molecule has 5 heteroatoms. The Bertz CT molecular complexity index is 467. The minimum absolute atomic E-state index is 0.111. The van der Waals surface area contributed by atoms with E-state index in [1.165, 1.54) is 6.07 Å². The fourth-order valence-electron chi connectivity index (χ4n) is 1.66. The minimum Gasteiger partial charge on any atom is -0.258 e. The van der Waals surface area contributed by atoms with Gasteiger partial charge in [0.15, 0.2) is 0 Å². The van der Waals surface area contributed by atoms with Crippen molar-refractivity contribution < 1.29 is 4.92 Å². The Morgan fingerprint density at radius 1 is 1.33 bits per heavy atom. The van der Waals surface area contributed by atoms with Gasteiger partial charge in [-0.1, -0.05) is 26.8 Å². The van der Waals surface area contributed by atoms with Crippen LogP contribution in [0.15, 0.2) is 22.6 Å². The van der Waals surface area contributed by atoms with Crippen LogP contribution in [0.2, 0.25) is 0 Å². The highest BCUT2D eigenvalue weighted by molar-refractivity contribution is 7.79. The van der Waals surface area contributed by atoms with Gasteiger partial charge in [-0.25, -0.2) is 4.40 Å². The lowest BCUT2D eigenvalue weighted by molar-refractivity contribution is -0.384. The zero-order valence-corrected chi connectivity index (χ0v) is 11.8. The number of hydrogen-bond donors (Lipinski definition) is 1. The summed E-state index contributed by atoms with van der Waals surface area (Å²) in [4.78, 5) is 10.1. The molecule has 0 amide bonds. The average Bonchev–Trinajstić information content (AvgIpc) is 2.69. The highest BCUT2D eigenvalue weighted by atomic mass is 32.1. The molecule has 18 heavy (non-hydrogen) atoms. The molecule has 4 nitrogen and oxygen atoms in total. The molecule has 1 aromatic carbocycles. The number of non-ortho nitro benzene ring substituents is 1. The summed E-state index contributed by atoms with van der Waals surface area (Å²) in [6, 6.07) is 4.89. The lowest BCUT2D eigenvalue weighted by Gasteiger charge is -1.98. The van der Waals surface area contributed by atoms with Gasteiger partial charge < -0.3 is 0 Å². The average molecular weight is 266 g/mol. The van der Waals surface area contributed by atoms with Gasteiger partial charge in [-0.3, -0.25) is 10.1 Å². The number of thiol groups is 1. The van der Waals surface area contributed by atoms with Gasteiger partial charge in [0, 0.05) is 17.7 Å². The summed E-state index contributed by atoms with van der Waals surface area (Å²) < 4.78 is 3.82. The fourth-order valence-corrected chi connectivity index (χ4v) is 1.86. The van der Waals surface area contributed by atoms with Gasteiger partial charge >= 0.3 is 0 Å². The molecule has 0 spiro atoms. The molecule has 1 aromatic rings. The van der Waals surface area contributed by atoms with Crippen LogP contribution in [0, 0.1) is 16.0 Å². The van der Waals surface area contributed by atoms with Crippen LogP contribution in [0.1, 0.15) is 38.3 Å². The van der Waals surface area contributed by atoms with Gasteiger partial charge in [0.1, 0.15) is 0 Å². The van der Waals surface area contributed by atoms with Crippen molar-refractivity contribution in [2.45, 2.75) is 33.6 Å². The number of nitro groups is 1. The Labute approximate surface area is 113 Å². The van der Waals surface area contributed by atoms with Crippen LogP contribution in [0.5, 0.6) is 0 Å². The Hall–Kier alpha value is -1.36. The summed E-state index contributed by atoms with van der Waals surface area (Å²) in [5, 5.41) is 10.5. The summed E-state index contributed by atoms with van der Waals surface area (Å²) in [5.74, 6) is 0.833. The van der Waals surface area contributed by atoms with Crippen LogP contribution in [-0.4, -0.2) is 10.6 Å². The molecule has 0 N–H and O–H groups in total. The summed E-state index contributed by atoms with van der Waals surface area (Å²) in [5.41, 5.74) is 2.93. The van der Waals surface area contributed by atoms with E-state index in [2.05, 4.69) is 38.0 Å². The maximum atomic E-state index is 10.5. The van der Waals surface area contributed by atoms with Crippen molar-refractivity contribution in [1.29, 1.82) is 0 Å². The Balaban J connectivity index is 0.000000357. The maximum Gasteiger partial charge on any atom is 0.270 e. The highest BCUT2D eigenvalue weighted by Gasteiger charge is 2.20. The number of rotatable bonds is 1. The normalized spacial score (nSPS) is 15.3. The van der Waals surface area contributed by atoms with E-state index >= 15 is 0 Å². The molecule has 2 rings (SSSR count). The zero-order valence-electron chi connectivity index (χ0n) is 10.9. The van der Waals surface area contributed by atoms with Crippen molar-refractivity contribution in [1.82, 2.24) is 0 Å². The van der Waals surface area contributed by atoms with Crippen molar-refractivity contribution in [3.05, 3.63) is 39.4 Å². The van der Waals surface area contributed by atoms with Crippen LogP contribution in [-0.2, 0) is 6.42 Å². The summed E-state index contributed by atoms with van der Waals surface area (Å²) >= 11 is 3.84. The van der Waals surface area contributed by atoms with E-state index in [0.717, 1.165) is 35.6 Å². The fraction of sp³-hybridized carbons (Fsp3) is 0.462. The Morgan fingerprint density at radius 3 is 2.44 bits per heavy atom. The van der Waals surface area contributed by atoms with E-state index < -0.39 is 4.92 Å². The third-order valence-electron chi connectivity index (χ3n) is 2.37. The van der Waals surface area contributed by atoms with Crippen molar-refractivity contribution in [3.8, 4) is 0 Å². The number of nitrogens with zero attached hydrogens (tertiary/aromatic N) is 2. The first-order valence-electron chi connectivity index (χ1n) is 5.94. The van der Waals surface area contributed by atoms with Crippen molar-refractivity contribution in [2.24, 2.45) is 10.3 Å². The molecular weight excluding hydrogens is 248 g/mol. The maximum absolute atomic E-state index is 10.5. The summed E-state index contributed by atoms with van der Waals surface area (Å²) in [6.45, 7) is 6.50. The lowest BCUT2D eigenvalue weighted by atomic mass is 10.1. The minimum atomic E-state index is -0.394. The van der Waals surface area contributed by atoms with Crippen molar-refractivity contribution >= 4 is 24.2 Å². The molecule has 0 heterocycles. The number of nitro benzene ring substituents is 1. The molecule has 0 atom stereocenters. The second-order valence-electron chi connectivity index (χ2n) is 4.88. The van der Waals surface area contributed by atoms with E-state index in [1.54, 1.807) is 12.1 Å². The smallest absolute Gasteiger partial charge is 0.258 e. The molecule has 0 saturated heterocycles. The predicted octanol–water partition coefficient (Wildman–Crippen LogP) is 3.84. The van der Waals surface area contributed by atoms with Crippen molar-refractivity contribution in [2.75, 3.05) is 0 Å². The topological polar surface area (TPSA) is 55.5 Å². The molecule has 0 radical (unpaired) electrons. The van der Waals surface area contributed by atoms with Gasteiger partial charge in [-0.05, 0) is 37.1 Å². The van der Waals surface area contributed by atoms with E-state index in [1.807, 2.05) is 0 Å². The first kappa shape index (κ1) is 14.7. The number of hydrogen-bond acceptors (Lipinski definition) is 4. The molecule has 1 aliphatic rings. The molecular formula is C13H18N2O2S. The molecule has 98 valence electrons. The third kappa shape index (κ3) is 3.84. The van der Waals surface area contributed by atoms with Crippen LogP contribution in [0.25, 0.3) is 0 Å². The predicted molar refractivity (Wildman–Crippen MR) is 77.5 cm³/mol. The number of aryl methyl sites for hydroxylation is 1. The molecule has 0 saturated carbocycles. The lowest BCUT2D eigenvalue weighted by Crippen LogP contribution is -1.95. The van der Waals surface area contributed by atoms with E-state index in [9.17, 15) is 10.1 Å². The second kappa shape index (κ2) is 6.54. The number of fused-ring (bicyclic) bond motifs is 1. The van der Waals surface area contributed by atoms with Gasteiger partial charge in [0.25, 0.3) is 5.69 Å². The molecule has 0 aliphatic heterocycles. The zero-order chi connectivity index (χ0) is 13.7. The highest BCUT2D eigenvalue weighted by Crippen LogP contribution is 2.26. The monoisotopic (exact) mass is 266 g/mol. The molecule has 0 unspecified atom stereocenters. The van der Waals surface area contributed by atoms with Gasteiger partial charge in [0.05, 0.1) is 10.6 Å². The first-order chi connectivity index (χ1) is 8.45. The van der Waals surface area contributed by atoms with Gasteiger partial charge in [-0.15, -0.1) is 0 Å². The third-order valence-corrected chi connectivity index (χ3v) is 2.61. The largest absolute Gasteiger partial charge is 0.270 e. The number of benzene rings is 1. The quantitative estimate of drug-likeness (QED) is 0.477. The van der Waals surface area contributed by atoms with Crippen LogP contribution in [0.4, 0.5) is 5.69 Å². The van der Waals surface area contributed by atoms with Crippen LogP contribution in [0.3, 0.4) is 0 Å². The summed E-state index contributed by atoms with van der Waals surface area (Å²) in [7, 11) is 0. The molecule has 1 aliphatic carbocycles. The van der Waals surface area contributed by atoms with Crippen LogP contribution < -0.4 is 0 Å². The Morgan fingerprint density at radius 2 is 1.94 bits per heavy atom. The Kier molecular flexibility index (Phi) is 5.34. The van der Waals surface area contributed by atoms with E-state index in [4.69, 9.17) is 0 Å². The second-order valence-corrected chi connectivity index (χ2v) is 5.08. The molecule has 0 aromatic heterocycles. The van der Waals surface area contributed by atoms with Crippen LogP contribution >= 0.6 is 12.8 Å². The molecule has 0 bridgehead atoms. The summed E-state index contributed by atoms with van der Waals surface area (Å²) in [6.07, 6.45) is 1.72. The van der Waals surface area contributed by atoms with E-state index in [0.29, 0.717) is 0 Å².